The number of aliphatic imine (C=N–C) groups is 1. The summed E-state index contributed by atoms with van der Waals surface area (Å²) in [6, 6.07) is 0.610. The molecule has 1 aliphatic heterocycles. The van der Waals surface area contributed by atoms with E-state index in [2.05, 4.69) is 22.1 Å². The van der Waals surface area contributed by atoms with Gasteiger partial charge in [0.15, 0.2) is 5.96 Å². The highest BCUT2D eigenvalue weighted by molar-refractivity contribution is 5.77. The third kappa shape index (κ3) is 4.97. The van der Waals surface area contributed by atoms with E-state index in [4.69, 9.17) is 5.73 Å². The van der Waals surface area contributed by atoms with Crippen LogP contribution in [0.15, 0.2) is 4.99 Å². The molecule has 3 N–H and O–H groups in total. The minimum absolute atomic E-state index is 0.610. The molecule has 1 heterocycles. The van der Waals surface area contributed by atoms with Crippen molar-refractivity contribution in [1.82, 2.24) is 10.2 Å². The van der Waals surface area contributed by atoms with Crippen LogP contribution in [0.25, 0.3) is 0 Å². The summed E-state index contributed by atoms with van der Waals surface area (Å²) in [6.45, 7) is 6.44. The van der Waals surface area contributed by atoms with Crippen LogP contribution >= 0.6 is 0 Å². The normalized spacial score (nSPS) is 26.1. The van der Waals surface area contributed by atoms with Gasteiger partial charge in [0.2, 0.25) is 0 Å². The van der Waals surface area contributed by atoms with Gasteiger partial charge in [-0.25, -0.2) is 0 Å². The molecule has 2 aliphatic rings. The monoisotopic (exact) mass is 280 g/mol. The molecule has 1 aliphatic carbocycles. The van der Waals surface area contributed by atoms with Crippen molar-refractivity contribution in [2.45, 2.75) is 64.3 Å². The summed E-state index contributed by atoms with van der Waals surface area (Å²) < 4.78 is 0. The Kier molecular flexibility index (Phi) is 6.64. The number of guanidine groups is 1. The molecule has 0 radical (unpaired) electrons. The van der Waals surface area contributed by atoms with Gasteiger partial charge >= 0.3 is 0 Å². The SMILES string of the molecule is CCN1CCCC1CN=C(N)NCCC1CCCCC1. The Bertz CT molecular complexity index is 297. The molecule has 4 nitrogen and oxygen atoms in total. The Labute approximate surface area is 124 Å². The Morgan fingerprint density at radius 3 is 2.75 bits per heavy atom. The van der Waals surface area contributed by atoms with Crippen LogP contribution in [-0.4, -0.2) is 43.1 Å². The van der Waals surface area contributed by atoms with Gasteiger partial charge in [-0.05, 0) is 38.3 Å². The molecule has 0 aromatic carbocycles. The Hall–Kier alpha value is -0.770. The second kappa shape index (κ2) is 8.50. The highest BCUT2D eigenvalue weighted by Crippen LogP contribution is 2.25. The van der Waals surface area contributed by atoms with E-state index >= 15 is 0 Å². The van der Waals surface area contributed by atoms with E-state index in [1.807, 2.05) is 0 Å². The zero-order valence-electron chi connectivity index (χ0n) is 13.1. The molecule has 1 saturated heterocycles. The lowest BCUT2D eigenvalue weighted by molar-refractivity contribution is 0.273. The van der Waals surface area contributed by atoms with Crippen LogP contribution in [0.2, 0.25) is 0 Å². The Morgan fingerprint density at radius 1 is 1.20 bits per heavy atom. The third-order valence-electron chi connectivity index (χ3n) is 4.96. The van der Waals surface area contributed by atoms with Crippen molar-refractivity contribution < 1.29 is 0 Å². The first-order valence-electron chi connectivity index (χ1n) is 8.57. The molecule has 2 fully saturated rings. The molecule has 1 atom stereocenters. The summed E-state index contributed by atoms with van der Waals surface area (Å²) in [4.78, 5) is 7.04. The van der Waals surface area contributed by atoms with Crippen molar-refractivity contribution in [2.75, 3.05) is 26.2 Å². The van der Waals surface area contributed by atoms with Crippen molar-refractivity contribution in [1.29, 1.82) is 0 Å². The number of nitrogens with two attached hydrogens (primary N) is 1. The van der Waals surface area contributed by atoms with Crippen LogP contribution in [-0.2, 0) is 0 Å². The Morgan fingerprint density at radius 2 is 2.00 bits per heavy atom. The highest BCUT2D eigenvalue weighted by Gasteiger charge is 2.22. The van der Waals surface area contributed by atoms with Gasteiger partial charge in [0, 0.05) is 12.6 Å². The van der Waals surface area contributed by atoms with Gasteiger partial charge in [-0.15, -0.1) is 0 Å². The number of likely N-dealkylation sites (tertiary alicyclic amines) is 1. The van der Waals surface area contributed by atoms with Crippen LogP contribution in [0.3, 0.4) is 0 Å². The summed E-state index contributed by atoms with van der Waals surface area (Å²) in [7, 11) is 0. The van der Waals surface area contributed by atoms with Crippen LogP contribution in [0.4, 0.5) is 0 Å². The summed E-state index contributed by atoms with van der Waals surface area (Å²) in [5, 5.41) is 3.30. The molecule has 1 saturated carbocycles. The molecule has 0 bridgehead atoms. The molecular formula is C16H32N4. The minimum atomic E-state index is 0.610. The lowest BCUT2D eigenvalue weighted by Gasteiger charge is -2.22. The standard InChI is InChI=1S/C16H32N4/c1-2-20-12-6-9-15(20)13-19-16(17)18-11-10-14-7-4-3-5-8-14/h14-15H,2-13H2,1H3,(H3,17,18,19). The summed E-state index contributed by atoms with van der Waals surface area (Å²) in [5.41, 5.74) is 5.97. The smallest absolute Gasteiger partial charge is 0.188 e. The van der Waals surface area contributed by atoms with Crippen molar-refractivity contribution in [2.24, 2.45) is 16.6 Å². The van der Waals surface area contributed by atoms with Gasteiger partial charge in [0.05, 0.1) is 6.54 Å². The zero-order valence-corrected chi connectivity index (χ0v) is 13.1. The second-order valence-electron chi connectivity index (χ2n) is 6.37. The molecule has 4 heteroatoms. The van der Waals surface area contributed by atoms with E-state index in [1.165, 1.54) is 57.9 Å². The number of likely N-dealkylation sites (N-methyl/N-ethyl adjacent to an activating group) is 1. The van der Waals surface area contributed by atoms with Crippen LogP contribution in [0.5, 0.6) is 0 Å². The first-order chi connectivity index (χ1) is 9.79. The molecule has 20 heavy (non-hydrogen) atoms. The van der Waals surface area contributed by atoms with E-state index in [1.54, 1.807) is 0 Å². The predicted octanol–water partition coefficient (Wildman–Crippen LogP) is 2.35. The van der Waals surface area contributed by atoms with Gasteiger partial charge in [-0.2, -0.15) is 0 Å². The lowest BCUT2D eigenvalue weighted by atomic mass is 9.87. The fourth-order valence-electron chi connectivity index (χ4n) is 3.66. The first kappa shape index (κ1) is 15.6. The first-order valence-corrected chi connectivity index (χ1v) is 8.57. The van der Waals surface area contributed by atoms with E-state index in [0.29, 0.717) is 12.0 Å². The lowest BCUT2D eigenvalue weighted by Crippen LogP contribution is -2.36. The topological polar surface area (TPSA) is 53.6 Å². The molecule has 0 aromatic heterocycles. The maximum atomic E-state index is 5.97. The van der Waals surface area contributed by atoms with Crippen molar-refractivity contribution in [3.63, 3.8) is 0 Å². The van der Waals surface area contributed by atoms with Crippen molar-refractivity contribution in [3.05, 3.63) is 0 Å². The molecule has 2 rings (SSSR count). The van der Waals surface area contributed by atoms with E-state index in [-0.39, 0.29) is 0 Å². The van der Waals surface area contributed by atoms with E-state index < -0.39 is 0 Å². The number of nitrogens with one attached hydrogen (secondary N) is 1. The quantitative estimate of drug-likeness (QED) is 0.580. The average molecular weight is 280 g/mol. The maximum Gasteiger partial charge on any atom is 0.188 e. The molecule has 1 unspecified atom stereocenters. The van der Waals surface area contributed by atoms with Crippen molar-refractivity contribution >= 4 is 5.96 Å². The van der Waals surface area contributed by atoms with E-state index in [0.717, 1.165) is 25.6 Å². The molecule has 116 valence electrons. The highest BCUT2D eigenvalue weighted by atomic mass is 15.2. The summed E-state index contributed by atoms with van der Waals surface area (Å²) in [5.74, 6) is 1.55. The van der Waals surface area contributed by atoms with Gasteiger partial charge < -0.3 is 11.1 Å². The molecule has 0 spiro atoms. The number of hydrogen-bond donors (Lipinski definition) is 2. The average Bonchev–Trinajstić information content (AvgIpc) is 2.94. The van der Waals surface area contributed by atoms with Gasteiger partial charge in [0.25, 0.3) is 0 Å². The van der Waals surface area contributed by atoms with Crippen molar-refractivity contribution in [3.8, 4) is 0 Å². The molecular weight excluding hydrogens is 248 g/mol. The predicted molar refractivity (Wildman–Crippen MR) is 86.0 cm³/mol. The number of hydrogen-bond acceptors (Lipinski definition) is 2. The fraction of sp³-hybridized carbons (Fsp3) is 0.938. The maximum absolute atomic E-state index is 5.97. The Balaban J connectivity index is 1.61. The number of nitrogens with zero attached hydrogens (tertiary/aromatic N) is 2. The van der Waals surface area contributed by atoms with Crippen LogP contribution < -0.4 is 11.1 Å². The zero-order chi connectivity index (χ0) is 14.2. The number of rotatable bonds is 6. The third-order valence-corrected chi connectivity index (χ3v) is 4.96. The summed E-state index contributed by atoms with van der Waals surface area (Å²) >= 11 is 0. The van der Waals surface area contributed by atoms with E-state index in [9.17, 15) is 0 Å². The van der Waals surface area contributed by atoms with Gasteiger partial charge in [-0.3, -0.25) is 9.89 Å². The van der Waals surface area contributed by atoms with Gasteiger partial charge in [-0.1, -0.05) is 39.0 Å². The largest absolute Gasteiger partial charge is 0.370 e. The van der Waals surface area contributed by atoms with Gasteiger partial charge in [0.1, 0.15) is 0 Å². The van der Waals surface area contributed by atoms with Crippen LogP contribution in [0.1, 0.15) is 58.3 Å². The second-order valence-corrected chi connectivity index (χ2v) is 6.37. The molecule has 0 aromatic rings. The fourth-order valence-corrected chi connectivity index (χ4v) is 3.66. The summed E-state index contributed by atoms with van der Waals surface area (Å²) in [6.07, 6.45) is 10.9. The molecule has 0 amide bonds. The minimum Gasteiger partial charge on any atom is -0.370 e. The van der Waals surface area contributed by atoms with Crippen LogP contribution in [0, 0.1) is 5.92 Å².